The van der Waals surface area contributed by atoms with E-state index in [4.69, 9.17) is 5.11 Å². The molecule has 114 valence electrons. The highest BCUT2D eigenvalue weighted by Crippen LogP contribution is 2.23. The van der Waals surface area contributed by atoms with E-state index in [2.05, 4.69) is 12.2 Å². The van der Waals surface area contributed by atoms with E-state index in [0.29, 0.717) is 19.5 Å². The molecular weight excluding hydrogens is 256 g/mol. The summed E-state index contributed by atoms with van der Waals surface area (Å²) in [6, 6.07) is 0.188. The van der Waals surface area contributed by atoms with Crippen molar-refractivity contribution in [3.05, 3.63) is 0 Å². The Hall–Kier alpha value is -1.26. The summed E-state index contributed by atoms with van der Waals surface area (Å²) in [5, 5.41) is 12.2. The van der Waals surface area contributed by atoms with Gasteiger partial charge in [-0.25, -0.2) is 4.79 Å². The van der Waals surface area contributed by atoms with Gasteiger partial charge >= 0.3 is 12.0 Å². The van der Waals surface area contributed by atoms with Crippen LogP contribution in [-0.4, -0.2) is 41.1 Å². The Kier molecular flexibility index (Phi) is 5.26. The monoisotopic (exact) mass is 282 g/mol. The van der Waals surface area contributed by atoms with Gasteiger partial charge in [0.05, 0.1) is 5.92 Å². The lowest BCUT2D eigenvalue weighted by Crippen LogP contribution is -2.49. The molecule has 0 aromatic carbocycles. The lowest BCUT2D eigenvalue weighted by molar-refractivity contribution is -0.143. The lowest BCUT2D eigenvalue weighted by Gasteiger charge is -2.32. The number of likely N-dealkylation sites (tertiary alicyclic amines) is 1. The number of hydrogen-bond donors (Lipinski definition) is 2. The number of hydrogen-bond acceptors (Lipinski definition) is 2. The van der Waals surface area contributed by atoms with Gasteiger partial charge in [0.15, 0.2) is 0 Å². The molecule has 5 nitrogen and oxygen atoms in total. The third-order valence-corrected chi connectivity index (χ3v) is 4.64. The van der Waals surface area contributed by atoms with Gasteiger partial charge in [-0.15, -0.1) is 0 Å². The number of aliphatic carboxylic acids is 1. The van der Waals surface area contributed by atoms with E-state index in [1.807, 2.05) is 0 Å². The number of nitrogens with zero attached hydrogens (tertiary/aromatic N) is 1. The van der Waals surface area contributed by atoms with Crippen LogP contribution in [-0.2, 0) is 4.79 Å². The summed E-state index contributed by atoms with van der Waals surface area (Å²) < 4.78 is 0. The van der Waals surface area contributed by atoms with E-state index in [1.54, 1.807) is 4.90 Å². The molecule has 0 radical (unpaired) electrons. The highest BCUT2D eigenvalue weighted by Gasteiger charge is 2.29. The molecule has 1 heterocycles. The predicted octanol–water partition coefficient (Wildman–Crippen LogP) is 2.46. The third-order valence-electron chi connectivity index (χ3n) is 4.64. The van der Waals surface area contributed by atoms with Crippen molar-refractivity contribution < 1.29 is 14.7 Å². The second kappa shape index (κ2) is 6.95. The number of carboxylic acid groups (broad SMARTS) is 1. The van der Waals surface area contributed by atoms with Gasteiger partial charge in [0.1, 0.15) is 0 Å². The summed E-state index contributed by atoms with van der Waals surface area (Å²) in [6.45, 7) is 3.30. The van der Waals surface area contributed by atoms with Crippen molar-refractivity contribution in [3.8, 4) is 0 Å². The standard InChI is InChI=1S/C15H26N2O3/c1-11-4-2-6-13(8-7-11)16-15(20)17-9-3-5-12(10-17)14(18)19/h11-13H,2-10H2,1H3,(H,16,20)(H,18,19)/t11?,12-,13?/m0/s1. The quantitative estimate of drug-likeness (QED) is 0.764. The van der Waals surface area contributed by atoms with Gasteiger partial charge in [-0.1, -0.05) is 19.8 Å². The molecule has 3 atom stereocenters. The average molecular weight is 282 g/mol. The van der Waals surface area contributed by atoms with Gasteiger partial charge in [0, 0.05) is 19.1 Å². The van der Waals surface area contributed by atoms with Crippen molar-refractivity contribution in [1.82, 2.24) is 10.2 Å². The fourth-order valence-electron chi connectivity index (χ4n) is 3.26. The number of carboxylic acids is 1. The maximum atomic E-state index is 12.3. The lowest BCUT2D eigenvalue weighted by atomic mass is 9.98. The predicted molar refractivity (Wildman–Crippen MR) is 76.5 cm³/mol. The minimum absolute atomic E-state index is 0.0736. The second-order valence-electron chi connectivity index (χ2n) is 6.38. The second-order valence-corrected chi connectivity index (χ2v) is 6.38. The first-order valence-corrected chi connectivity index (χ1v) is 7.84. The van der Waals surface area contributed by atoms with Crippen LogP contribution in [0.1, 0.15) is 51.9 Å². The van der Waals surface area contributed by atoms with Crippen LogP contribution in [0.15, 0.2) is 0 Å². The largest absolute Gasteiger partial charge is 0.481 e. The van der Waals surface area contributed by atoms with E-state index < -0.39 is 11.9 Å². The summed E-state index contributed by atoms with van der Waals surface area (Å²) in [7, 11) is 0. The first-order valence-electron chi connectivity index (χ1n) is 7.84. The van der Waals surface area contributed by atoms with Crippen molar-refractivity contribution in [2.75, 3.05) is 13.1 Å². The zero-order valence-corrected chi connectivity index (χ0v) is 12.3. The van der Waals surface area contributed by atoms with E-state index in [-0.39, 0.29) is 12.1 Å². The number of rotatable bonds is 2. The number of urea groups is 1. The van der Waals surface area contributed by atoms with E-state index in [9.17, 15) is 9.59 Å². The third kappa shape index (κ3) is 4.12. The highest BCUT2D eigenvalue weighted by molar-refractivity contribution is 5.76. The molecule has 5 heteroatoms. The normalized spacial score (nSPS) is 31.4. The molecule has 2 rings (SSSR count). The van der Waals surface area contributed by atoms with Crippen molar-refractivity contribution in [2.45, 2.75) is 57.9 Å². The fraction of sp³-hybridized carbons (Fsp3) is 0.867. The molecule has 1 aliphatic carbocycles. The molecule has 0 aromatic heterocycles. The van der Waals surface area contributed by atoms with Gasteiger partial charge in [0.25, 0.3) is 0 Å². The molecule has 1 aliphatic heterocycles. The minimum atomic E-state index is -0.786. The summed E-state index contributed by atoms with van der Waals surface area (Å²) >= 11 is 0. The van der Waals surface area contributed by atoms with E-state index >= 15 is 0 Å². The maximum absolute atomic E-state index is 12.3. The van der Waals surface area contributed by atoms with Crippen molar-refractivity contribution in [1.29, 1.82) is 0 Å². The Morgan fingerprint density at radius 1 is 1.10 bits per heavy atom. The van der Waals surface area contributed by atoms with Gasteiger partial charge in [-0.2, -0.15) is 0 Å². The van der Waals surface area contributed by atoms with Crippen molar-refractivity contribution in [2.24, 2.45) is 11.8 Å². The van der Waals surface area contributed by atoms with Gasteiger partial charge in [0.2, 0.25) is 0 Å². The molecule has 0 spiro atoms. The molecule has 2 amide bonds. The van der Waals surface area contributed by atoms with E-state index in [0.717, 1.165) is 25.2 Å². The van der Waals surface area contributed by atoms with Gasteiger partial charge in [-0.05, 0) is 38.0 Å². The molecular formula is C15H26N2O3. The molecule has 2 fully saturated rings. The number of piperidine rings is 1. The average Bonchev–Trinajstić information content (AvgIpc) is 2.64. The number of carbonyl (C=O) groups is 2. The smallest absolute Gasteiger partial charge is 0.317 e. The van der Waals surface area contributed by atoms with Crippen LogP contribution in [0.25, 0.3) is 0 Å². The molecule has 0 aromatic rings. The minimum Gasteiger partial charge on any atom is -0.481 e. The molecule has 20 heavy (non-hydrogen) atoms. The van der Waals surface area contributed by atoms with E-state index in [1.165, 1.54) is 19.3 Å². The Bertz CT molecular complexity index is 359. The molecule has 2 N–H and O–H groups in total. The topological polar surface area (TPSA) is 69.6 Å². The maximum Gasteiger partial charge on any atom is 0.317 e. The fourth-order valence-corrected chi connectivity index (χ4v) is 3.26. The summed E-state index contributed by atoms with van der Waals surface area (Å²) in [6.07, 6.45) is 7.14. The number of nitrogens with one attached hydrogen (secondary N) is 1. The molecule has 2 aliphatic rings. The van der Waals surface area contributed by atoms with Crippen LogP contribution in [0.3, 0.4) is 0 Å². The van der Waals surface area contributed by atoms with Crippen LogP contribution < -0.4 is 5.32 Å². The number of carbonyl (C=O) groups excluding carboxylic acids is 1. The molecule has 1 saturated carbocycles. The van der Waals surface area contributed by atoms with Crippen LogP contribution >= 0.6 is 0 Å². The Balaban J connectivity index is 1.83. The zero-order valence-electron chi connectivity index (χ0n) is 12.3. The van der Waals surface area contributed by atoms with Gasteiger partial charge in [-0.3, -0.25) is 4.79 Å². The Morgan fingerprint density at radius 2 is 1.90 bits per heavy atom. The number of amides is 2. The van der Waals surface area contributed by atoms with Crippen LogP contribution in [0, 0.1) is 11.8 Å². The highest BCUT2D eigenvalue weighted by atomic mass is 16.4. The van der Waals surface area contributed by atoms with Crippen LogP contribution in [0.5, 0.6) is 0 Å². The van der Waals surface area contributed by atoms with Crippen LogP contribution in [0.4, 0.5) is 4.79 Å². The zero-order chi connectivity index (χ0) is 14.5. The first kappa shape index (κ1) is 15.1. The molecule has 1 saturated heterocycles. The Labute approximate surface area is 120 Å². The summed E-state index contributed by atoms with van der Waals surface area (Å²) in [4.78, 5) is 25.0. The molecule has 2 unspecified atom stereocenters. The molecule has 0 bridgehead atoms. The first-order chi connectivity index (χ1) is 9.56. The summed E-state index contributed by atoms with van der Waals surface area (Å²) in [5.41, 5.74) is 0. The van der Waals surface area contributed by atoms with Gasteiger partial charge < -0.3 is 15.3 Å². The van der Waals surface area contributed by atoms with Crippen molar-refractivity contribution in [3.63, 3.8) is 0 Å². The summed E-state index contributed by atoms with van der Waals surface area (Å²) in [5.74, 6) is -0.433. The van der Waals surface area contributed by atoms with Crippen molar-refractivity contribution >= 4 is 12.0 Å². The van der Waals surface area contributed by atoms with Crippen LogP contribution in [0.2, 0.25) is 0 Å². The Morgan fingerprint density at radius 3 is 2.65 bits per heavy atom. The SMILES string of the molecule is CC1CCCC(NC(=O)N2CCC[C@H](C(=O)O)C2)CC1.